The van der Waals surface area contributed by atoms with Crippen molar-refractivity contribution in [3.8, 4) is 0 Å². The lowest BCUT2D eigenvalue weighted by molar-refractivity contribution is -0.126. The van der Waals surface area contributed by atoms with Crippen molar-refractivity contribution < 1.29 is 9.59 Å². The summed E-state index contributed by atoms with van der Waals surface area (Å²) in [6, 6.07) is 5.84. The summed E-state index contributed by atoms with van der Waals surface area (Å²) in [5, 5.41) is 9.11. The Kier molecular flexibility index (Phi) is 5.46. The average Bonchev–Trinajstić information content (AvgIpc) is 3.28. The van der Waals surface area contributed by atoms with Crippen molar-refractivity contribution in [1.29, 1.82) is 0 Å². The van der Waals surface area contributed by atoms with Gasteiger partial charge in [-0.3, -0.25) is 9.59 Å². The Morgan fingerprint density at radius 3 is 2.70 bits per heavy atom. The van der Waals surface area contributed by atoms with Gasteiger partial charge in [-0.25, -0.2) is 0 Å². The van der Waals surface area contributed by atoms with Crippen molar-refractivity contribution in [3.63, 3.8) is 0 Å². The molecule has 1 saturated heterocycles. The minimum atomic E-state index is 0.0323. The zero-order valence-corrected chi connectivity index (χ0v) is 14.5. The third-order valence-electron chi connectivity index (χ3n) is 4.18. The van der Waals surface area contributed by atoms with Crippen molar-refractivity contribution >= 4 is 34.5 Å². The van der Waals surface area contributed by atoms with Crippen LogP contribution in [0, 0.1) is 5.92 Å². The van der Waals surface area contributed by atoms with E-state index in [4.69, 9.17) is 0 Å². The van der Waals surface area contributed by atoms with Crippen LogP contribution in [0.3, 0.4) is 0 Å². The van der Waals surface area contributed by atoms with Crippen LogP contribution in [0.2, 0.25) is 0 Å². The molecule has 4 nitrogen and oxygen atoms in total. The van der Waals surface area contributed by atoms with Crippen LogP contribution in [0.5, 0.6) is 0 Å². The second kappa shape index (κ2) is 7.75. The summed E-state index contributed by atoms with van der Waals surface area (Å²) in [5.74, 6) is 0.254. The van der Waals surface area contributed by atoms with Crippen molar-refractivity contribution in [2.24, 2.45) is 5.92 Å². The average molecular weight is 348 g/mol. The first-order valence-electron chi connectivity index (χ1n) is 7.85. The highest BCUT2D eigenvalue weighted by molar-refractivity contribution is 7.12. The highest BCUT2D eigenvalue weighted by Gasteiger charge is 2.27. The standard InChI is InChI=1S/C17H20N2O2S2/c20-16(18-7-3-13-6-11-22-12-13)14-4-8-19(9-5-14)17(21)15-2-1-10-23-15/h1-2,6,10-12,14H,3-5,7-9H2,(H,18,20). The number of rotatable bonds is 5. The molecule has 2 aromatic heterocycles. The van der Waals surface area contributed by atoms with Crippen LogP contribution in [0.1, 0.15) is 28.1 Å². The third-order valence-corrected chi connectivity index (χ3v) is 5.77. The lowest BCUT2D eigenvalue weighted by Gasteiger charge is -2.31. The second-order valence-corrected chi connectivity index (χ2v) is 7.44. The van der Waals surface area contributed by atoms with E-state index < -0.39 is 0 Å². The number of hydrogen-bond acceptors (Lipinski definition) is 4. The van der Waals surface area contributed by atoms with Crippen molar-refractivity contribution in [2.75, 3.05) is 19.6 Å². The maximum atomic E-state index is 12.3. The number of carbonyl (C=O) groups is 2. The van der Waals surface area contributed by atoms with Gasteiger partial charge in [0.2, 0.25) is 5.91 Å². The Hall–Kier alpha value is -1.66. The molecule has 2 amide bonds. The quantitative estimate of drug-likeness (QED) is 0.903. The normalized spacial score (nSPS) is 15.6. The van der Waals surface area contributed by atoms with E-state index in [1.807, 2.05) is 22.4 Å². The predicted molar refractivity (Wildman–Crippen MR) is 94.0 cm³/mol. The smallest absolute Gasteiger partial charge is 0.263 e. The number of hydrogen-bond donors (Lipinski definition) is 1. The van der Waals surface area contributed by atoms with Crippen LogP contribution in [0.4, 0.5) is 0 Å². The van der Waals surface area contributed by atoms with Crippen LogP contribution in [0.15, 0.2) is 34.3 Å². The zero-order chi connectivity index (χ0) is 16.1. The lowest BCUT2D eigenvalue weighted by Crippen LogP contribution is -2.43. The molecular formula is C17H20N2O2S2. The Balaban J connectivity index is 1.41. The van der Waals surface area contributed by atoms with Crippen LogP contribution in [-0.4, -0.2) is 36.3 Å². The molecule has 3 heterocycles. The van der Waals surface area contributed by atoms with Gasteiger partial charge in [-0.2, -0.15) is 11.3 Å². The molecule has 0 unspecified atom stereocenters. The highest BCUT2D eigenvalue weighted by Crippen LogP contribution is 2.21. The highest BCUT2D eigenvalue weighted by atomic mass is 32.1. The molecule has 0 atom stereocenters. The third kappa shape index (κ3) is 4.20. The number of amides is 2. The van der Waals surface area contributed by atoms with Gasteiger partial charge in [-0.15, -0.1) is 11.3 Å². The molecule has 122 valence electrons. The van der Waals surface area contributed by atoms with Crippen molar-refractivity contribution in [1.82, 2.24) is 10.2 Å². The minimum absolute atomic E-state index is 0.0323. The largest absolute Gasteiger partial charge is 0.356 e. The van der Waals surface area contributed by atoms with Crippen LogP contribution >= 0.6 is 22.7 Å². The fourth-order valence-corrected chi connectivity index (χ4v) is 4.20. The van der Waals surface area contributed by atoms with Gasteiger partial charge in [-0.1, -0.05) is 6.07 Å². The lowest BCUT2D eigenvalue weighted by atomic mass is 9.95. The zero-order valence-electron chi connectivity index (χ0n) is 12.9. The van der Waals surface area contributed by atoms with Gasteiger partial charge < -0.3 is 10.2 Å². The summed E-state index contributed by atoms with van der Waals surface area (Å²) >= 11 is 3.15. The topological polar surface area (TPSA) is 49.4 Å². The predicted octanol–water partition coefficient (Wildman–Crippen LogP) is 3.02. The van der Waals surface area contributed by atoms with E-state index in [2.05, 4.69) is 22.1 Å². The van der Waals surface area contributed by atoms with Gasteiger partial charge in [0.15, 0.2) is 0 Å². The fraction of sp³-hybridized carbons (Fsp3) is 0.412. The van der Waals surface area contributed by atoms with Gasteiger partial charge in [0.25, 0.3) is 5.91 Å². The molecule has 0 radical (unpaired) electrons. The molecule has 0 bridgehead atoms. The monoisotopic (exact) mass is 348 g/mol. The summed E-state index contributed by atoms with van der Waals surface area (Å²) in [5.41, 5.74) is 1.27. The molecule has 0 saturated carbocycles. The van der Waals surface area contributed by atoms with Gasteiger partial charge >= 0.3 is 0 Å². The first kappa shape index (κ1) is 16.2. The molecule has 2 aromatic rings. The molecule has 6 heteroatoms. The van der Waals surface area contributed by atoms with Crippen LogP contribution in [0.25, 0.3) is 0 Å². The van der Waals surface area contributed by atoms with E-state index in [-0.39, 0.29) is 17.7 Å². The SMILES string of the molecule is O=C(NCCc1ccsc1)C1CCN(C(=O)c2cccs2)CC1. The number of piperidine rings is 1. The van der Waals surface area contributed by atoms with E-state index >= 15 is 0 Å². The first-order valence-corrected chi connectivity index (χ1v) is 9.68. The molecule has 1 aliphatic heterocycles. The summed E-state index contributed by atoms with van der Waals surface area (Å²) in [4.78, 5) is 27.1. The van der Waals surface area contributed by atoms with Crippen LogP contribution < -0.4 is 5.32 Å². The Labute approximate surface area is 144 Å². The van der Waals surface area contributed by atoms with E-state index in [1.165, 1.54) is 16.9 Å². The summed E-state index contributed by atoms with van der Waals surface area (Å²) < 4.78 is 0. The molecular weight excluding hydrogens is 328 g/mol. The van der Waals surface area contributed by atoms with Gasteiger partial charge in [0, 0.05) is 25.6 Å². The number of nitrogens with one attached hydrogen (secondary N) is 1. The molecule has 23 heavy (non-hydrogen) atoms. The number of nitrogens with zero attached hydrogens (tertiary/aromatic N) is 1. The Morgan fingerprint density at radius 1 is 1.22 bits per heavy atom. The van der Waals surface area contributed by atoms with E-state index in [9.17, 15) is 9.59 Å². The van der Waals surface area contributed by atoms with E-state index in [1.54, 1.807) is 11.3 Å². The fourth-order valence-electron chi connectivity index (χ4n) is 2.81. The molecule has 1 aliphatic rings. The summed E-state index contributed by atoms with van der Waals surface area (Å²) in [6.45, 7) is 2.02. The van der Waals surface area contributed by atoms with E-state index in [0.717, 1.165) is 24.1 Å². The molecule has 0 aromatic carbocycles. The minimum Gasteiger partial charge on any atom is -0.356 e. The Morgan fingerprint density at radius 2 is 2.04 bits per heavy atom. The van der Waals surface area contributed by atoms with Gasteiger partial charge in [-0.05, 0) is 53.1 Å². The number of carbonyl (C=O) groups excluding carboxylic acids is 2. The molecule has 3 rings (SSSR count). The number of thiophene rings is 2. The number of likely N-dealkylation sites (tertiary alicyclic amines) is 1. The molecule has 0 aliphatic carbocycles. The molecule has 1 fully saturated rings. The van der Waals surface area contributed by atoms with Gasteiger partial charge in [0.05, 0.1) is 4.88 Å². The maximum absolute atomic E-state index is 12.3. The maximum Gasteiger partial charge on any atom is 0.263 e. The van der Waals surface area contributed by atoms with Crippen molar-refractivity contribution in [3.05, 3.63) is 44.8 Å². The summed E-state index contributed by atoms with van der Waals surface area (Å²) in [7, 11) is 0. The Bertz CT molecular complexity index is 630. The second-order valence-electron chi connectivity index (χ2n) is 5.72. The van der Waals surface area contributed by atoms with Crippen LogP contribution in [-0.2, 0) is 11.2 Å². The van der Waals surface area contributed by atoms with E-state index in [0.29, 0.717) is 19.6 Å². The molecule has 1 N–H and O–H groups in total. The first-order chi connectivity index (χ1) is 11.2. The molecule has 0 spiro atoms. The van der Waals surface area contributed by atoms with Gasteiger partial charge in [0.1, 0.15) is 0 Å². The van der Waals surface area contributed by atoms with Crippen molar-refractivity contribution in [2.45, 2.75) is 19.3 Å². The summed E-state index contributed by atoms with van der Waals surface area (Å²) in [6.07, 6.45) is 2.38.